The summed E-state index contributed by atoms with van der Waals surface area (Å²) in [6.45, 7) is 1.30. The van der Waals surface area contributed by atoms with Crippen LogP contribution in [-0.2, 0) is 0 Å². The Bertz CT molecular complexity index is 88.0. The Morgan fingerprint density at radius 1 is 1.86 bits per heavy atom. The molecule has 1 atom stereocenters. The normalized spacial score (nSPS) is 11.9. The molecule has 0 heterocycles. The summed E-state index contributed by atoms with van der Waals surface area (Å²) in [6, 6.07) is 0. The first-order valence-corrected chi connectivity index (χ1v) is 2.87. The zero-order valence-electron chi connectivity index (χ0n) is 4.04. The van der Waals surface area contributed by atoms with Crippen molar-refractivity contribution >= 4 is 15.9 Å². The smallest absolute Gasteiger partial charge is 0.150 e. The van der Waals surface area contributed by atoms with Crippen molar-refractivity contribution in [3.63, 3.8) is 0 Å². The van der Waals surface area contributed by atoms with Crippen molar-refractivity contribution in [3.05, 3.63) is 0 Å². The maximum absolute atomic E-state index is 11.2. The van der Waals surface area contributed by atoms with E-state index in [1.54, 1.807) is 0 Å². The average Bonchev–Trinajstić information content (AvgIpc) is 1.61. The van der Waals surface area contributed by atoms with Gasteiger partial charge in [0.1, 0.15) is 6.67 Å². The fraction of sp³-hybridized carbons (Fsp3) is 0.600. The lowest BCUT2D eigenvalue weighted by molar-refractivity contribution is 0.573. The molecule has 0 aromatic rings. The van der Waals surface area contributed by atoms with Crippen LogP contribution in [0.3, 0.4) is 0 Å². The molecule has 0 amide bonds. The molecule has 0 saturated carbocycles. The summed E-state index contributed by atoms with van der Waals surface area (Å²) in [5.74, 6) is 4.87. The van der Waals surface area contributed by atoms with E-state index >= 15 is 0 Å². The summed E-state index contributed by atoms with van der Waals surface area (Å²) < 4.78 is 11.2. The van der Waals surface area contributed by atoms with Crippen LogP contribution in [0.15, 0.2) is 0 Å². The highest BCUT2D eigenvalue weighted by atomic mass is 79.9. The second-order valence-corrected chi connectivity index (χ2v) is 2.44. The van der Waals surface area contributed by atoms with Gasteiger partial charge in [0.25, 0.3) is 0 Å². The summed E-state index contributed by atoms with van der Waals surface area (Å²) in [4.78, 5) is 0.114. The van der Waals surface area contributed by atoms with Crippen LogP contribution in [0.1, 0.15) is 6.92 Å². The third kappa shape index (κ3) is 5.97. The van der Waals surface area contributed by atoms with Gasteiger partial charge in [-0.1, -0.05) is 27.8 Å². The molecule has 2 heteroatoms. The van der Waals surface area contributed by atoms with Gasteiger partial charge in [-0.3, -0.25) is 0 Å². The lowest BCUT2D eigenvalue weighted by atomic mass is 10.5. The van der Waals surface area contributed by atoms with Crippen molar-refractivity contribution in [3.8, 4) is 11.8 Å². The van der Waals surface area contributed by atoms with E-state index in [0.717, 1.165) is 0 Å². The van der Waals surface area contributed by atoms with Crippen LogP contribution in [0, 0.1) is 11.8 Å². The molecule has 0 nitrogen and oxygen atoms in total. The average molecular weight is 165 g/mol. The monoisotopic (exact) mass is 164 g/mol. The highest BCUT2D eigenvalue weighted by Gasteiger charge is 1.80. The van der Waals surface area contributed by atoms with E-state index in [9.17, 15) is 4.39 Å². The Morgan fingerprint density at radius 3 is 2.57 bits per heavy atom. The Hall–Kier alpha value is -0.0300. The van der Waals surface area contributed by atoms with Crippen molar-refractivity contribution in [1.82, 2.24) is 0 Å². The lowest BCUT2D eigenvalue weighted by Crippen LogP contribution is -1.79. The minimum absolute atomic E-state index is 0.114. The van der Waals surface area contributed by atoms with Gasteiger partial charge in [-0.2, -0.15) is 0 Å². The quantitative estimate of drug-likeness (QED) is 0.378. The van der Waals surface area contributed by atoms with E-state index < -0.39 is 6.67 Å². The summed E-state index contributed by atoms with van der Waals surface area (Å²) in [5, 5.41) is 0. The van der Waals surface area contributed by atoms with Gasteiger partial charge in [-0.15, -0.1) is 0 Å². The maximum Gasteiger partial charge on any atom is 0.150 e. The molecule has 0 radical (unpaired) electrons. The van der Waals surface area contributed by atoms with Crippen LogP contribution in [0.5, 0.6) is 0 Å². The fourth-order valence-corrected chi connectivity index (χ4v) is 0.341. The molecule has 0 spiro atoms. The summed E-state index contributed by atoms with van der Waals surface area (Å²) in [6.07, 6.45) is 0. The SMILES string of the molecule is CC(Br)C#CCF. The first-order valence-electron chi connectivity index (χ1n) is 1.96. The number of hydrogen-bond acceptors (Lipinski definition) is 0. The molecule has 0 aliphatic heterocycles. The van der Waals surface area contributed by atoms with E-state index in [-0.39, 0.29) is 4.83 Å². The molecule has 1 unspecified atom stereocenters. The second-order valence-electron chi connectivity index (χ2n) is 1.07. The van der Waals surface area contributed by atoms with Gasteiger partial charge >= 0.3 is 0 Å². The predicted molar refractivity (Wildman–Crippen MR) is 32.1 cm³/mol. The van der Waals surface area contributed by atoms with Crippen LogP contribution in [0.2, 0.25) is 0 Å². The molecule has 7 heavy (non-hydrogen) atoms. The van der Waals surface area contributed by atoms with Crippen LogP contribution in [-0.4, -0.2) is 11.5 Å². The number of alkyl halides is 2. The lowest BCUT2D eigenvalue weighted by Gasteiger charge is -1.80. The molecule has 0 aromatic carbocycles. The van der Waals surface area contributed by atoms with Crippen LogP contribution in [0.25, 0.3) is 0 Å². The molecule has 40 valence electrons. The molecule has 0 saturated heterocycles. The highest BCUT2D eigenvalue weighted by molar-refractivity contribution is 9.09. The summed E-state index contributed by atoms with van der Waals surface area (Å²) in [5.41, 5.74) is 0. The molecular formula is C5H6BrF. The molecule has 0 aliphatic carbocycles. The Morgan fingerprint density at radius 2 is 2.43 bits per heavy atom. The zero-order valence-corrected chi connectivity index (χ0v) is 5.63. The standard InChI is InChI=1S/C5H6BrF/c1-5(6)3-2-4-7/h5H,4H2,1H3. The van der Waals surface area contributed by atoms with Gasteiger partial charge in [0.2, 0.25) is 0 Å². The molecular weight excluding hydrogens is 159 g/mol. The van der Waals surface area contributed by atoms with Gasteiger partial charge in [-0.25, -0.2) is 4.39 Å². The van der Waals surface area contributed by atoms with Gasteiger partial charge in [0, 0.05) is 0 Å². The molecule has 0 bridgehead atoms. The van der Waals surface area contributed by atoms with E-state index in [4.69, 9.17) is 0 Å². The molecule has 0 N–H and O–H groups in total. The van der Waals surface area contributed by atoms with Crippen molar-refractivity contribution < 1.29 is 4.39 Å². The topological polar surface area (TPSA) is 0 Å². The number of halogens is 2. The second kappa shape index (κ2) is 4.14. The van der Waals surface area contributed by atoms with E-state index in [1.807, 2.05) is 6.92 Å². The molecule has 0 fully saturated rings. The predicted octanol–water partition coefficient (Wildman–Crippen LogP) is 1.74. The molecule has 0 rings (SSSR count). The van der Waals surface area contributed by atoms with E-state index in [0.29, 0.717) is 0 Å². The van der Waals surface area contributed by atoms with Crippen LogP contribution < -0.4 is 0 Å². The van der Waals surface area contributed by atoms with Crippen molar-refractivity contribution in [1.29, 1.82) is 0 Å². The van der Waals surface area contributed by atoms with E-state index in [1.165, 1.54) is 0 Å². The molecule has 0 aromatic heterocycles. The fourth-order valence-electron chi connectivity index (χ4n) is 0.179. The third-order valence-electron chi connectivity index (χ3n) is 0.368. The van der Waals surface area contributed by atoms with Gasteiger partial charge in [0.05, 0.1) is 4.83 Å². The molecule has 0 aliphatic rings. The summed E-state index contributed by atoms with van der Waals surface area (Å²) in [7, 11) is 0. The van der Waals surface area contributed by atoms with E-state index in [2.05, 4.69) is 27.8 Å². The van der Waals surface area contributed by atoms with Crippen LogP contribution in [0.4, 0.5) is 4.39 Å². The zero-order chi connectivity index (χ0) is 5.70. The summed E-state index contributed by atoms with van der Waals surface area (Å²) >= 11 is 3.14. The van der Waals surface area contributed by atoms with Gasteiger partial charge in [-0.05, 0) is 6.92 Å². The van der Waals surface area contributed by atoms with Crippen LogP contribution >= 0.6 is 15.9 Å². The minimum Gasteiger partial charge on any atom is -0.237 e. The number of hydrogen-bond donors (Lipinski definition) is 0. The van der Waals surface area contributed by atoms with Crippen molar-refractivity contribution in [2.24, 2.45) is 0 Å². The Balaban J connectivity index is 3.24. The van der Waals surface area contributed by atoms with Crippen molar-refractivity contribution in [2.75, 3.05) is 6.67 Å². The van der Waals surface area contributed by atoms with Gasteiger partial charge < -0.3 is 0 Å². The largest absolute Gasteiger partial charge is 0.237 e. The highest BCUT2D eigenvalue weighted by Crippen LogP contribution is 1.91. The maximum atomic E-state index is 11.2. The van der Waals surface area contributed by atoms with Gasteiger partial charge in [0.15, 0.2) is 0 Å². The van der Waals surface area contributed by atoms with Crippen molar-refractivity contribution in [2.45, 2.75) is 11.8 Å². The number of rotatable bonds is 0. The first-order chi connectivity index (χ1) is 3.27. The Kier molecular flexibility index (Phi) is 4.12. The first kappa shape index (κ1) is 6.97. The Labute approximate surface area is 51.2 Å². The minimum atomic E-state index is -0.546. The third-order valence-corrected chi connectivity index (χ3v) is 0.597.